The summed E-state index contributed by atoms with van der Waals surface area (Å²) in [5.74, 6) is 0.840. The van der Waals surface area contributed by atoms with Crippen molar-refractivity contribution in [3.05, 3.63) is 47.3 Å². The second-order valence-corrected chi connectivity index (χ2v) is 6.39. The molecule has 0 fully saturated rings. The average molecular weight is 365 g/mol. The second kappa shape index (κ2) is 5.66. The number of hydrogen-bond acceptors (Lipinski definition) is 6. The molecule has 4 heterocycles. The summed E-state index contributed by atoms with van der Waals surface area (Å²) in [4.78, 5) is 4.12. The molecular formula is C15H10F3N5OS. The van der Waals surface area contributed by atoms with Crippen molar-refractivity contribution in [2.75, 3.05) is 0 Å². The molecule has 4 rings (SSSR count). The van der Waals surface area contributed by atoms with Gasteiger partial charge in [-0.15, -0.1) is 21.5 Å². The molecule has 4 aromatic rings. The van der Waals surface area contributed by atoms with Crippen LogP contribution in [0.15, 0.2) is 35.0 Å². The van der Waals surface area contributed by atoms with Crippen molar-refractivity contribution >= 4 is 22.4 Å². The maximum absolute atomic E-state index is 12.8. The Kier molecular flexibility index (Phi) is 3.57. The highest BCUT2D eigenvalue weighted by atomic mass is 32.1. The Morgan fingerprint density at radius 2 is 2.04 bits per heavy atom. The Hall–Kier alpha value is -2.75. The summed E-state index contributed by atoms with van der Waals surface area (Å²) in [6.07, 6.45) is -1.23. The smallest absolute Gasteiger partial charge is 0.424 e. The lowest BCUT2D eigenvalue weighted by Gasteiger charge is -2.03. The molecule has 0 aromatic carbocycles. The van der Waals surface area contributed by atoms with E-state index in [9.17, 15) is 13.2 Å². The van der Waals surface area contributed by atoms with Gasteiger partial charge in [0.1, 0.15) is 16.9 Å². The van der Waals surface area contributed by atoms with Gasteiger partial charge >= 0.3 is 6.18 Å². The minimum absolute atomic E-state index is 0.258. The van der Waals surface area contributed by atoms with Gasteiger partial charge in [0.15, 0.2) is 0 Å². The van der Waals surface area contributed by atoms with E-state index in [1.807, 2.05) is 0 Å². The normalized spacial score (nSPS) is 12.2. The maximum atomic E-state index is 12.8. The third-order valence-electron chi connectivity index (χ3n) is 3.52. The number of alkyl halides is 3. The maximum Gasteiger partial charge on any atom is 0.425 e. The molecule has 0 unspecified atom stereocenters. The molecule has 0 N–H and O–H groups in total. The van der Waals surface area contributed by atoms with E-state index in [1.165, 1.54) is 12.3 Å². The van der Waals surface area contributed by atoms with Crippen molar-refractivity contribution in [2.45, 2.75) is 19.6 Å². The Bertz CT molecular complexity index is 1050. The molecule has 6 nitrogen and oxygen atoms in total. The molecule has 0 aliphatic carbocycles. The SMILES string of the molecule is Cc1nnc(Cn2ncc3ncc(-c4ccc(C(F)(F)F)s4)cc32)o1. The topological polar surface area (TPSA) is 69.6 Å². The number of aromatic nitrogens is 5. The number of aryl methyl sites for hydroxylation is 1. The summed E-state index contributed by atoms with van der Waals surface area (Å²) in [5, 5.41) is 11.9. The fraction of sp³-hybridized carbons (Fsp3) is 0.200. The standard InChI is InChI=1S/C15H10F3N5OS/c1-8-21-22-14(24-8)7-23-11-4-9(5-19-10(11)6-20-23)12-2-3-13(25-12)15(16,17)18/h2-6H,7H2,1H3. The lowest BCUT2D eigenvalue weighted by Crippen LogP contribution is -2.02. The van der Waals surface area contributed by atoms with Crippen molar-refractivity contribution in [3.63, 3.8) is 0 Å². The largest absolute Gasteiger partial charge is 0.425 e. The Morgan fingerprint density at radius 3 is 2.72 bits per heavy atom. The summed E-state index contributed by atoms with van der Waals surface area (Å²) >= 11 is 0.682. The number of nitrogens with zero attached hydrogens (tertiary/aromatic N) is 5. The van der Waals surface area contributed by atoms with Gasteiger partial charge in [0.2, 0.25) is 11.8 Å². The van der Waals surface area contributed by atoms with Crippen molar-refractivity contribution in [3.8, 4) is 10.4 Å². The molecule has 0 radical (unpaired) electrons. The van der Waals surface area contributed by atoms with Crippen LogP contribution >= 0.6 is 11.3 Å². The van der Waals surface area contributed by atoms with E-state index >= 15 is 0 Å². The predicted molar refractivity (Wildman–Crippen MR) is 84.0 cm³/mol. The van der Waals surface area contributed by atoms with Crippen LogP contribution in [0.4, 0.5) is 13.2 Å². The van der Waals surface area contributed by atoms with E-state index < -0.39 is 11.1 Å². The molecule has 4 aromatic heterocycles. The van der Waals surface area contributed by atoms with Gasteiger partial charge in [-0.2, -0.15) is 18.3 Å². The van der Waals surface area contributed by atoms with Crippen LogP contribution in [-0.4, -0.2) is 25.0 Å². The molecule has 0 saturated heterocycles. The van der Waals surface area contributed by atoms with E-state index in [2.05, 4.69) is 20.3 Å². The Labute approximate surface area is 142 Å². The first kappa shape index (κ1) is 15.8. The highest BCUT2D eigenvalue weighted by Gasteiger charge is 2.32. The van der Waals surface area contributed by atoms with Crippen molar-refractivity contribution in [1.29, 1.82) is 0 Å². The number of halogens is 3. The number of thiophene rings is 1. The highest BCUT2D eigenvalue weighted by molar-refractivity contribution is 7.15. The first-order chi connectivity index (χ1) is 11.9. The van der Waals surface area contributed by atoms with Crippen molar-refractivity contribution < 1.29 is 17.6 Å². The molecule has 0 atom stereocenters. The van der Waals surface area contributed by atoms with Gasteiger partial charge in [-0.1, -0.05) is 0 Å². The van der Waals surface area contributed by atoms with Crippen LogP contribution in [0.1, 0.15) is 16.7 Å². The zero-order valence-corrected chi connectivity index (χ0v) is 13.6. The van der Waals surface area contributed by atoms with Gasteiger partial charge in [-0.05, 0) is 18.2 Å². The van der Waals surface area contributed by atoms with Crippen molar-refractivity contribution in [2.24, 2.45) is 0 Å². The average Bonchev–Trinajstić information content (AvgIpc) is 3.27. The summed E-state index contributed by atoms with van der Waals surface area (Å²) in [5.41, 5.74) is 1.90. The predicted octanol–water partition coefficient (Wildman–Crippen LogP) is 3.92. The lowest BCUT2D eigenvalue weighted by molar-refractivity contribution is -0.134. The van der Waals surface area contributed by atoms with Gasteiger partial charge in [-0.25, -0.2) is 0 Å². The van der Waals surface area contributed by atoms with Crippen LogP contribution in [0.2, 0.25) is 0 Å². The zero-order valence-electron chi connectivity index (χ0n) is 12.8. The van der Waals surface area contributed by atoms with Crippen LogP contribution in [0.25, 0.3) is 21.5 Å². The fourth-order valence-corrected chi connectivity index (χ4v) is 3.25. The minimum Gasteiger partial charge on any atom is -0.424 e. The summed E-state index contributed by atoms with van der Waals surface area (Å²) in [7, 11) is 0. The van der Waals surface area contributed by atoms with E-state index in [1.54, 1.807) is 23.9 Å². The van der Waals surface area contributed by atoms with Gasteiger partial charge in [0.05, 0.1) is 11.7 Å². The monoisotopic (exact) mass is 365 g/mol. The number of pyridine rings is 1. The van der Waals surface area contributed by atoms with Crippen LogP contribution in [0.3, 0.4) is 0 Å². The van der Waals surface area contributed by atoms with E-state index in [4.69, 9.17) is 4.42 Å². The third-order valence-corrected chi connectivity index (χ3v) is 4.70. The quantitative estimate of drug-likeness (QED) is 0.550. The Balaban J connectivity index is 1.72. The molecule has 25 heavy (non-hydrogen) atoms. The summed E-state index contributed by atoms with van der Waals surface area (Å²) in [6, 6.07) is 4.27. The minimum atomic E-state index is -4.35. The first-order valence-corrected chi connectivity index (χ1v) is 8.00. The van der Waals surface area contributed by atoms with E-state index in [0.717, 1.165) is 6.07 Å². The molecule has 0 aliphatic heterocycles. The van der Waals surface area contributed by atoms with E-state index in [-0.39, 0.29) is 6.54 Å². The third kappa shape index (κ3) is 3.00. The molecule has 0 saturated carbocycles. The molecule has 10 heteroatoms. The zero-order chi connectivity index (χ0) is 17.6. The van der Waals surface area contributed by atoms with Gasteiger partial charge in [-0.3, -0.25) is 9.67 Å². The molecule has 0 aliphatic rings. The highest BCUT2D eigenvalue weighted by Crippen LogP contribution is 2.38. The van der Waals surface area contributed by atoms with Gasteiger partial charge in [0.25, 0.3) is 0 Å². The molecule has 0 bridgehead atoms. The lowest BCUT2D eigenvalue weighted by atomic mass is 10.2. The summed E-state index contributed by atoms with van der Waals surface area (Å²) < 4.78 is 45.3. The summed E-state index contributed by atoms with van der Waals surface area (Å²) in [6.45, 7) is 1.94. The number of fused-ring (bicyclic) bond motifs is 1. The first-order valence-electron chi connectivity index (χ1n) is 7.18. The number of hydrogen-bond donors (Lipinski definition) is 0. The van der Waals surface area contributed by atoms with Crippen LogP contribution in [0, 0.1) is 6.92 Å². The second-order valence-electron chi connectivity index (χ2n) is 5.31. The Morgan fingerprint density at radius 1 is 1.20 bits per heavy atom. The molecule has 0 spiro atoms. The van der Waals surface area contributed by atoms with Crippen LogP contribution in [-0.2, 0) is 12.7 Å². The van der Waals surface area contributed by atoms with E-state index in [0.29, 0.717) is 44.6 Å². The molecular weight excluding hydrogens is 355 g/mol. The molecule has 128 valence electrons. The molecule has 0 amide bonds. The van der Waals surface area contributed by atoms with Gasteiger partial charge in [0, 0.05) is 23.6 Å². The van der Waals surface area contributed by atoms with Gasteiger partial charge < -0.3 is 4.42 Å². The number of rotatable bonds is 3. The van der Waals surface area contributed by atoms with Crippen LogP contribution < -0.4 is 0 Å². The van der Waals surface area contributed by atoms with Crippen LogP contribution in [0.5, 0.6) is 0 Å². The fourth-order valence-electron chi connectivity index (χ4n) is 2.39. The van der Waals surface area contributed by atoms with Crippen molar-refractivity contribution in [1.82, 2.24) is 25.0 Å².